The largest absolute Gasteiger partial charge is 0.484 e. The molecule has 2 aromatic rings. The highest BCUT2D eigenvalue weighted by molar-refractivity contribution is 9.10. The summed E-state index contributed by atoms with van der Waals surface area (Å²) in [6.07, 6.45) is 0. The molecule has 0 aliphatic rings. The number of benzene rings is 2. The molecule has 4 nitrogen and oxygen atoms in total. The summed E-state index contributed by atoms with van der Waals surface area (Å²) < 4.78 is 6.28. The van der Waals surface area contributed by atoms with Crippen molar-refractivity contribution >= 4 is 68.1 Å². The topological polar surface area (TPSA) is 50.4 Å². The SMILES string of the molecule is O=C(COc1ccc(Br)cc1)NC(=S)Nc1ccc(Cl)c(Cl)c1. The molecule has 0 saturated carbocycles. The Morgan fingerprint density at radius 1 is 1.13 bits per heavy atom. The summed E-state index contributed by atoms with van der Waals surface area (Å²) in [5.74, 6) is 0.220. The molecule has 0 atom stereocenters. The number of carbonyl (C=O) groups is 1. The molecule has 1 amide bonds. The summed E-state index contributed by atoms with van der Waals surface area (Å²) in [5.41, 5.74) is 0.624. The van der Waals surface area contributed by atoms with Crippen LogP contribution in [0.2, 0.25) is 10.0 Å². The normalized spacial score (nSPS) is 10.0. The smallest absolute Gasteiger partial charge is 0.264 e. The molecule has 120 valence electrons. The molecule has 0 aliphatic carbocycles. The summed E-state index contributed by atoms with van der Waals surface area (Å²) in [5, 5.41) is 6.34. The Hall–Kier alpha value is -1.34. The van der Waals surface area contributed by atoms with Crippen LogP contribution < -0.4 is 15.4 Å². The van der Waals surface area contributed by atoms with Crippen molar-refractivity contribution in [2.75, 3.05) is 11.9 Å². The first-order valence-corrected chi connectivity index (χ1v) is 8.34. The van der Waals surface area contributed by atoms with Gasteiger partial charge in [0, 0.05) is 10.2 Å². The van der Waals surface area contributed by atoms with Gasteiger partial charge >= 0.3 is 0 Å². The fourth-order valence-electron chi connectivity index (χ4n) is 1.58. The van der Waals surface area contributed by atoms with Gasteiger partial charge in [0.15, 0.2) is 11.7 Å². The van der Waals surface area contributed by atoms with Gasteiger partial charge in [-0.1, -0.05) is 39.1 Å². The molecule has 0 unspecified atom stereocenters. The van der Waals surface area contributed by atoms with Crippen LogP contribution in [0.4, 0.5) is 5.69 Å². The number of hydrogen-bond acceptors (Lipinski definition) is 3. The number of hydrogen-bond donors (Lipinski definition) is 2. The number of thiocarbonyl (C=S) groups is 1. The van der Waals surface area contributed by atoms with Crippen LogP contribution in [0.3, 0.4) is 0 Å². The standard InChI is InChI=1S/C15H11BrCl2N2O2S/c16-9-1-4-11(5-2-9)22-8-14(21)20-15(23)19-10-3-6-12(17)13(18)7-10/h1-7H,8H2,(H2,19,20,21,23). The average molecular weight is 434 g/mol. The third kappa shape index (κ3) is 5.99. The first kappa shape index (κ1) is 18.0. The molecule has 2 aromatic carbocycles. The van der Waals surface area contributed by atoms with Crippen molar-refractivity contribution in [2.45, 2.75) is 0 Å². The van der Waals surface area contributed by atoms with E-state index >= 15 is 0 Å². The van der Waals surface area contributed by atoms with Crippen LogP contribution in [0, 0.1) is 0 Å². The Kier molecular flexibility index (Phi) is 6.65. The molecular formula is C15H11BrCl2N2O2S. The van der Waals surface area contributed by atoms with E-state index in [4.69, 9.17) is 40.2 Å². The van der Waals surface area contributed by atoms with Crippen molar-refractivity contribution < 1.29 is 9.53 Å². The Labute approximate surface area is 157 Å². The molecule has 8 heteroatoms. The second-order valence-corrected chi connectivity index (χ2v) is 6.51. The van der Waals surface area contributed by atoms with Crippen LogP contribution >= 0.6 is 51.3 Å². The van der Waals surface area contributed by atoms with Crippen LogP contribution in [0.1, 0.15) is 0 Å². The Balaban J connectivity index is 1.81. The molecule has 2 N–H and O–H groups in total. The number of ether oxygens (including phenoxy) is 1. The maximum atomic E-state index is 11.8. The van der Waals surface area contributed by atoms with Crippen LogP contribution in [-0.2, 0) is 4.79 Å². The van der Waals surface area contributed by atoms with Gasteiger partial charge < -0.3 is 10.1 Å². The number of rotatable bonds is 4. The molecule has 0 fully saturated rings. The molecule has 0 saturated heterocycles. The maximum Gasteiger partial charge on any atom is 0.264 e. The second kappa shape index (κ2) is 8.49. The van der Waals surface area contributed by atoms with E-state index < -0.39 is 0 Å². The van der Waals surface area contributed by atoms with Crippen LogP contribution in [0.5, 0.6) is 5.75 Å². The average Bonchev–Trinajstić information content (AvgIpc) is 2.50. The van der Waals surface area contributed by atoms with Crippen molar-refractivity contribution in [1.82, 2.24) is 5.32 Å². The second-order valence-electron chi connectivity index (χ2n) is 4.37. The summed E-state index contributed by atoms with van der Waals surface area (Å²) in [6.45, 7) is -0.148. The van der Waals surface area contributed by atoms with E-state index in [1.54, 1.807) is 30.3 Å². The molecule has 0 bridgehead atoms. The number of halogens is 3. The van der Waals surface area contributed by atoms with Crippen LogP contribution in [0.15, 0.2) is 46.9 Å². The maximum absolute atomic E-state index is 11.8. The summed E-state index contributed by atoms with van der Waals surface area (Å²) in [4.78, 5) is 11.8. The lowest BCUT2D eigenvalue weighted by Gasteiger charge is -2.11. The number of carbonyl (C=O) groups excluding carboxylic acids is 1. The lowest BCUT2D eigenvalue weighted by Crippen LogP contribution is -2.37. The third-order valence-electron chi connectivity index (χ3n) is 2.61. The highest BCUT2D eigenvalue weighted by Gasteiger charge is 2.07. The Morgan fingerprint density at radius 2 is 1.83 bits per heavy atom. The zero-order valence-corrected chi connectivity index (χ0v) is 15.5. The minimum Gasteiger partial charge on any atom is -0.484 e. The van der Waals surface area contributed by atoms with Crippen LogP contribution in [-0.4, -0.2) is 17.6 Å². The minimum atomic E-state index is -0.370. The number of anilines is 1. The lowest BCUT2D eigenvalue weighted by atomic mass is 10.3. The quantitative estimate of drug-likeness (QED) is 0.689. The van der Waals surface area contributed by atoms with Crippen molar-refractivity contribution in [3.63, 3.8) is 0 Å². The molecule has 0 heterocycles. The minimum absolute atomic E-state index is 0.146. The van der Waals surface area contributed by atoms with Crippen molar-refractivity contribution in [3.05, 3.63) is 57.0 Å². The van der Waals surface area contributed by atoms with Gasteiger partial charge in [0.05, 0.1) is 10.0 Å². The van der Waals surface area contributed by atoms with Gasteiger partial charge in [-0.05, 0) is 54.7 Å². The van der Waals surface area contributed by atoms with Crippen LogP contribution in [0.25, 0.3) is 0 Å². The first-order valence-electron chi connectivity index (χ1n) is 6.38. The van der Waals surface area contributed by atoms with E-state index in [0.29, 0.717) is 21.5 Å². The molecule has 0 aromatic heterocycles. The monoisotopic (exact) mass is 432 g/mol. The predicted molar refractivity (Wildman–Crippen MR) is 100 cm³/mol. The zero-order chi connectivity index (χ0) is 16.8. The number of nitrogens with one attached hydrogen (secondary N) is 2. The Bertz CT molecular complexity index is 726. The molecule has 23 heavy (non-hydrogen) atoms. The van der Waals surface area contributed by atoms with E-state index in [2.05, 4.69) is 26.6 Å². The summed E-state index contributed by atoms with van der Waals surface area (Å²) in [7, 11) is 0. The van der Waals surface area contributed by atoms with E-state index in [-0.39, 0.29) is 17.6 Å². The van der Waals surface area contributed by atoms with Crippen molar-refractivity contribution in [1.29, 1.82) is 0 Å². The van der Waals surface area contributed by atoms with E-state index in [0.717, 1.165) is 4.47 Å². The molecule has 0 spiro atoms. The first-order chi connectivity index (χ1) is 10.9. The summed E-state index contributed by atoms with van der Waals surface area (Å²) >= 11 is 20.1. The van der Waals surface area contributed by atoms with E-state index in [9.17, 15) is 4.79 Å². The highest BCUT2D eigenvalue weighted by Crippen LogP contribution is 2.24. The van der Waals surface area contributed by atoms with E-state index in [1.807, 2.05) is 12.1 Å². The fourth-order valence-corrected chi connectivity index (χ4v) is 2.37. The van der Waals surface area contributed by atoms with Crippen molar-refractivity contribution in [3.8, 4) is 5.75 Å². The van der Waals surface area contributed by atoms with Gasteiger partial charge in [-0.3, -0.25) is 10.1 Å². The molecule has 2 rings (SSSR count). The van der Waals surface area contributed by atoms with E-state index in [1.165, 1.54) is 0 Å². The third-order valence-corrected chi connectivity index (χ3v) is 4.09. The van der Waals surface area contributed by atoms with Gasteiger partial charge in [0.1, 0.15) is 5.75 Å². The Morgan fingerprint density at radius 3 is 2.48 bits per heavy atom. The van der Waals surface area contributed by atoms with Gasteiger partial charge in [-0.15, -0.1) is 0 Å². The van der Waals surface area contributed by atoms with Gasteiger partial charge in [0.25, 0.3) is 5.91 Å². The molecular weight excluding hydrogens is 423 g/mol. The van der Waals surface area contributed by atoms with Gasteiger partial charge in [0.2, 0.25) is 0 Å². The lowest BCUT2D eigenvalue weighted by molar-refractivity contribution is -0.121. The van der Waals surface area contributed by atoms with Gasteiger partial charge in [-0.2, -0.15) is 0 Å². The summed E-state index contributed by atoms with van der Waals surface area (Å²) in [6, 6.07) is 12.1. The van der Waals surface area contributed by atoms with Gasteiger partial charge in [-0.25, -0.2) is 0 Å². The molecule has 0 radical (unpaired) electrons. The number of amides is 1. The zero-order valence-electron chi connectivity index (χ0n) is 11.6. The van der Waals surface area contributed by atoms with Crippen molar-refractivity contribution in [2.24, 2.45) is 0 Å². The molecule has 0 aliphatic heterocycles. The highest BCUT2D eigenvalue weighted by atomic mass is 79.9. The fraction of sp³-hybridized carbons (Fsp3) is 0.0667. The predicted octanol–water partition coefficient (Wildman–Crippen LogP) is 4.65.